The Morgan fingerprint density at radius 1 is 1.53 bits per heavy atom. The molecule has 0 unspecified atom stereocenters. The monoisotopic (exact) mass is 268 g/mol. The van der Waals surface area contributed by atoms with Crippen molar-refractivity contribution < 1.29 is 19.4 Å². The minimum absolute atomic E-state index is 0.373. The Labute approximate surface area is 112 Å². The van der Waals surface area contributed by atoms with Crippen LogP contribution >= 0.6 is 0 Å². The van der Waals surface area contributed by atoms with E-state index in [2.05, 4.69) is 5.32 Å². The first-order valence-corrected chi connectivity index (χ1v) is 6.27. The van der Waals surface area contributed by atoms with Crippen molar-refractivity contribution in [3.8, 4) is 0 Å². The van der Waals surface area contributed by atoms with Crippen LogP contribution in [0.5, 0.6) is 0 Å². The van der Waals surface area contributed by atoms with Crippen molar-refractivity contribution in [2.45, 2.75) is 32.4 Å². The molecule has 19 heavy (non-hydrogen) atoms. The maximum atomic E-state index is 12.0. The quantitative estimate of drug-likeness (QED) is 0.740. The summed E-state index contributed by atoms with van der Waals surface area (Å²) in [5.41, 5.74) is 0.444. The number of ether oxygens (including phenoxy) is 1. The van der Waals surface area contributed by atoms with Crippen molar-refractivity contribution >= 4 is 11.9 Å². The van der Waals surface area contributed by atoms with Gasteiger partial charge in [-0.2, -0.15) is 0 Å². The predicted octanol–water partition coefficient (Wildman–Crippen LogP) is 1.12. The highest BCUT2D eigenvalue weighted by Gasteiger charge is 2.20. The van der Waals surface area contributed by atoms with Crippen LogP contribution in [0.25, 0.3) is 0 Å². The van der Waals surface area contributed by atoms with E-state index in [0.29, 0.717) is 31.7 Å². The first kappa shape index (κ1) is 15.2. The van der Waals surface area contributed by atoms with Gasteiger partial charge in [-0.3, -0.25) is 4.79 Å². The second-order valence-electron chi connectivity index (χ2n) is 4.23. The summed E-state index contributed by atoms with van der Waals surface area (Å²) < 4.78 is 6.70. The highest BCUT2D eigenvalue weighted by Crippen LogP contribution is 2.05. The maximum absolute atomic E-state index is 12.0. The van der Waals surface area contributed by atoms with Crippen molar-refractivity contribution in [2.75, 3.05) is 13.7 Å². The second-order valence-corrected chi connectivity index (χ2v) is 4.23. The minimum atomic E-state index is -1.01. The van der Waals surface area contributed by atoms with Crippen LogP contribution < -0.4 is 5.32 Å². The van der Waals surface area contributed by atoms with Crippen LogP contribution in [-0.2, 0) is 16.1 Å². The molecule has 106 valence electrons. The number of carboxylic acids is 1. The molecule has 0 aliphatic rings. The summed E-state index contributed by atoms with van der Waals surface area (Å²) in [7, 11) is 1.59. The van der Waals surface area contributed by atoms with Gasteiger partial charge in [-0.25, -0.2) is 4.79 Å². The first-order valence-electron chi connectivity index (χ1n) is 6.27. The Morgan fingerprint density at radius 2 is 2.26 bits per heavy atom. The van der Waals surface area contributed by atoms with Crippen molar-refractivity contribution in [2.24, 2.45) is 0 Å². The summed E-state index contributed by atoms with van der Waals surface area (Å²) in [4.78, 5) is 23.1. The van der Waals surface area contributed by atoms with Gasteiger partial charge in [-0.1, -0.05) is 13.3 Å². The van der Waals surface area contributed by atoms with Gasteiger partial charge in [-0.05, 0) is 18.6 Å². The van der Waals surface area contributed by atoms with Crippen molar-refractivity contribution in [1.29, 1.82) is 0 Å². The number of methoxy groups -OCH3 is 1. The fourth-order valence-electron chi connectivity index (χ4n) is 1.78. The molecule has 0 fully saturated rings. The van der Waals surface area contributed by atoms with Gasteiger partial charge in [0.25, 0.3) is 5.91 Å². The zero-order valence-corrected chi connectivity index (χ0v) is 11.3. The zero-order valence-electron chi connectivity index (χ0n) is 11.3. The molecule has 6 heteroatoms. The number of rotatable bonds is 8. The third kappa shape index (κ3) is 4.40. The lowest BCUT2D eigenvalue weighted by Crippen LogP contribution is -2.41. The number of carbonyl (C=O) groups excluding carboxylic acids is 1. The predicted molar refractivity (Wildman–Crippen MR) is 70.1 cm³/mol. The number of carbonyl (C=O) groups is 2. The minimum Gasteiger partial charge on any atom is -0.480 e. The Kier molecular flexibility index (Phi) is 6.08. The topological polar surface area (TPSA) is 80.6 Å². The lowest BCUT2D eigenvalue weighted by molar-refractivity contribution is -0.139. The van der Waals surface area contributed by atoms with E-state index in [0.717, 1.165) is 0 Å². The van der Waals surface area contributed by atoms with Gasteiger partial charge >= 0.3 is 5.97 Å². The van der Waals surface area contributed by atoms with E-state index in [1.54, 1.807) is 30.0 Å². The van der Waals surface area contributed by atoms with Crippen LogP contribution in [-0.4, -0.2) is 41.3 Å². The summed E-state index contributed by atoms with van der Waals surface area (Å²) in [6, 6.07) is 2.57. The molecule has 0 spiro atoms. The number of carboxylic acid groups (broad SMARTS) is 1. The number of aromatic nitrogens is 1. The summed E-state index contributed by atoms with van der Waals surface area (Å²) in [6.07, 6.45) is 2.88. The van der Waals surface area contributed by atoms with E-state index in [1.807, 2.05) is 6.92 Å². The fourth-order valence-corrected chi connectivity index (χ4v) is 1.78. The molecular weight excluding hydrogens is 248 g/mol. The van der Waals surface area contributed by atoms with Crippen LogP contribution in [0.1, 0.15) is 30.3 Å². The lowest BCUT2D eigenvalue weighted by Gasteiger charge is -2.14. The van der Waals surface area contributed by atoms with E-state index in [9.17, 15) is 9.59 Å². The molecule has 0 aliphatic heterocycles. The van der Waals surface area contributed by atoms with Gasteiger partial charge in [0.05, 0.1) is 6.61 Å². The third-order valence-electron chi connectivity index (χ3n) is 2.78. The first-order chi connectivity index (χ1) is 9.10. The van der Waals surface area contributed by atoms with Crippen LogP contribution in [0.15, 0.2) is 18.3 Å². The van der Waals surface area contributed by atoms with Gasteiger partial charge in [-0.15, -0.1) is 0 Å². The van der Waals surface area contributed by atoms with Gasteiger partial charge in [0.2, 0.25) is 0 Å². The number of amides is 1. The molecule has 1 heterocycles. The van der Waals surface area contributed by atoms with Crippen molar-refractivity contribution in [3.05, 3.63) is 24.0 Å². The Balaban J connectivity index is 2.71. The number of nitrogens with zero attached hydrogens (tertiary/aromatic N) is 1. The van der Waals surface area contributed by atoms with Gasteiger partial charge in [0.1, 0.15) is 11.7 Å². The molecule has 1 aromatic rings. The van der Waals surface area contributed by atoms with Crippen LogP contribution in [0.4, 0.5) is 0 Å². The van der Waals surface area contributed by atoms with Crippen LogP contribution in [0, 0.1) is 0 Å². The molecule has 1 amide bonds. The summed E-state index contributed by atoms with van der Waals surface area (Å²) >= 11 is 0. The van der Waals surface area contributed by atoms with E-state index in [-0.39, 0.29) is 5.91 Å². The fraction of sp³-hybridized carbons (Fsp3) is 0.538. The van der Waals surface area contributed by atoms with Crippen LogP contribution in [0.3, 0.4) is 0 Å². The molecule has 2 N–H and O–H groups in total. The number of hydrogen-bond donors (Lipinski definition) is 2. The smallest absolute Gasteiger partial charge is 0.326 e. The Hall–Kier alpha value is -1.82. The van der Waals surface area contributed by atoms with E-state index >= 15 is 0 Å². The SMILES string of the molecule is CCC[C@@H](NC(=O)c1cccn1CCOC)C(=O)O. The number of aliphatic carboxylic acids is 1. The normalized spacial score (nSPS) is 12.1. The molecule has 0 aromatic carbocycles. The molecule has 1 aromatic heterocycles. The zero-order chi connectivity index (χ0) is 14.3. The number of hydrogen-bond acceptors (Lipinski definition) is 3. The molecule has 0 saturated heterocycles. The molecule has 1 rings (SSSR count). The summed E-state index contributed by atoms with van der Waals surface area (Å²) in [6.45, 7) is 2.92. The highest BCUT2D eigenvalue weighted by atomic mass is 16.5. The largest absolute Gasteiger partial charge is 0.480 e. The highest BCUT2D eigenvalue weighted by molar-refractivity contribution is 5.95. The van der Waals surface area contributed by atoms with Crippen LogP contribution in [0.2, 0.25) is 0 Å². The molecule has 0 bridgehead atoms. The Morgan fingerprint density at radius 3 is 2.84 bits per heavy atom. The van der Waals surface area contributed by atoms with E-state index in [4.69, 9.17) is 9.84 Å². The maximum Gasteiger partial charge on any atom is 0.326 e. The lowest BCUT2D eigenvalue weighted by atomic mass is 10.1. The number of nitrogens with one attached hydrogen (secondary N) is 1. The van der Waals surface area contributed by atoms with E-state index in [1.165, 1.54) is 0 Å². The van der Waals surface area contributed by atoms with Crippen molar-refractivity contribution in [1.82, 2.24) is 9.88 Å². The average molecular weight is 268 g/mol. The molecule has 0 saturated carbocycles. The van der Waals surface area contributed by atoms with E-state index < -0.39 is 12.0 Å². The Bertz CT molecular complexity index is 428. The molecule has 6 nitrogen and oxygen atoms in total. The van der Waals surface area contributed by atoms with Gasteiger partial charge in [0.15, 0.2) is 0 Å². The molecule has 0 radical (unpaired) electrons. The molecular formula is C13H20N2O4. The third-order valence-corrected chi connectivity index (χ3v) is 2.78. The summed E-state index contributed by atoms with van der Waals surface area (Å²) in [5.74, 6) is -1.38. The average Bonchev–Trinajstić information content (AvgIpc) is 2.83. The van der Waals surface area contributed by atoms with Gasteiger partial charge in [0, 0.05) is 19.9 Å². The molecule has 1 atom stereocenters. The second kappa shape index (κ2) is 7.58. The van der Waals surface area contributed by atoms with Crippen molar-refractivity contribution in [3.63, 3.8) is 0 Å². The molecule has 0 aliphatic carbocycles. The van der Waals surface area contributed by atoms with Gasteiger partial charge < -0.3 is 19.7 Å². The summed E-state index contributed by atoms with van der Waals surface area (Å²) in [5, 5.41) is 11.6. The standard InChI is InChI=1S/C13H20N2O4/c1-3-5-10(13(17)18)14-12(16)11-6-4-7-15(11)8-9-19-2/h4,6-7,10H,3,5,8-9H2,1-2H3,(H,14,16)(H,17,18)/t10-/m1/s1.